The van der Waals surface area contributed by atoms with Crippen LogP contribution in [0.2, 0.25) is 0 Å². The third kappa shape index (κ3) is 37.8. The molecule has 0 saturated heterocycles. The van der Waals surface area contributed by atoms with Crippen molar-refractivity contribution >= 4 is 11.9 Å². The maximum absolute atomic E-state index is 10.5. The molecule has 0 aliphatic heterocycles. The molecule has 0 rings (SSSR count). The minimum Gasteiger partial charge on any atom is -0.466 e. The van der Waals surface area contributed by atoms with Gasteiger partial charge < -0.3 is 9.47 Å². The molecule has 33 heavy (non-hydrogen) atoms. The van der Waals surface area contributed by atoms with Crippen LogP contribution >= 0.6 is 0 Å². The quantitative estimate of drug-likeness (QED) is 0.103. The van der Waals surface area contributed by atoms with Gasteiger partial charge >= 0.3 is 11.9 Å². The molecule has 0 saturated carbocycles. The van der Waals surface area contributed by atoms with Crippen LogP contribution in [-0.2, 0) is 19.1 Å². The molecular formula is C29H52O4. The molecular weight excluding hydrogens is 412 g/mol. The predicted molar refractivity (Wildman–Crippen MR) is 141 cm³/mol. The smallest absolute Gasteiger partial charge is 0.302 e. The summed E-state index contributed by atoms with van der Waals surface area (Å²) in [6, 6.07) is 0. The fourth-order valence-electron chi connectivity index (χ4n) is 2.99. The second-order valence-electron chi connectivity index (χ2n) is 8.29. The molecule has 0 aromatic carbocycles. The van der Waals surface area contributed by atoms with Crippen LogP contribution in [0, 0.1) is 0 Å². The number of ether oxygens (including phenoxy) is 2. The number of allylic oxidation sites excluding steroid dienone is 6. The average molecular weight is 465 g/mol. The van der Waals surface area contributed by atoms with Gasteiger partial charge in [-0.15, -0.1) is 0 Å². The summed E-state index contributed by atoms with van der Waals surface area (Å²) >= 11 is 0. The SMILES string of the molecule is CC/C=C\CCCCCCOC(C)=O.CCCCC/C=C\C/C=C\CCCCCOC(C)=O. The minimum atomic E-state index is -0.175. The van der Waals surface area contributed by atoms with Crippen LogP contribution in [0.3, 0.4) is 0 Å². The number of carbonyl (C=O) groups excluding carboxylic acids is 2. The first kappa shape index (κ1) is 33.3. The molecule has 0 aromatic heterocycles. The molecule has 0 aromatic rings. The summed E-state index contributed by atoms with van der Waals surface area (Å²) in [6.07, 6.45) is 31.1. The second-order valence-corrected chi connectivity index (χ2v) is 8.29. The van der Waals surface area contributed by atoms with E-state index in [4.69, 9.17) is 9.47 Å². The molecule has 0 atom stereocenters. The van der Waals surface area contributed by atoms with E-state index in [1.807, 2.05) is 0 Å². The van der Waals surface area contributed by atoms with E-state index in [0.717, 1.165) is 44.9 Å². The number of rotatable bonds is 20. The predicted octanol–water partition coefficient (Wildman–Crippen LogP) is 8.66. The maximum Gasteiger partial charge on any atom is 0.302 e. The molecule has 0 fully saturated rings. The van der Waals surface area contributed by atoms with Crippen molar-refractivity contribution in [3.8, 4) is 0 Å². The summed E-state index contributed by atoms with van der Waals surface area (Å²) in [5.74, 6) is -0.346. The van der Waals surface area contributed by atoms with Crippen LogP contribution in [0.4, 0.5) is 0 Å². The summed E-state index contributed by atoms with van der Waals surface area (Å²) in [6.45, 7) is 8.45. The molecule has 192 valence electrons. The fraction of sp³-hybridized carbons (Fsp3) is 0.724. The van der Waals surface area contributed by atoms with Crippen LogP contribution < -0.4 is 0 Å². The Bertz CT molecular complexity index is 506. The van der Waals surface area contributed by atoms with Crippen LogP contribution in [0.1, 0.15) is 124 Å². The van der Waals surface area contributed by atoms with Crippen molar-refractivity contribution in [2.75, 3.05) is 13.2 Å². The highest BCUT2D eigenvalue weighted by atomic mass is 16.5. The largest absolute Gasteiger partial charge is 0.466 e. The second kappa shape index (κ2) is 30.2. The number of hydrogen-bond acceptors (Lipinski definition) is 4. The highest BCUT2D eigenvalue weighted by Gasteiger charge is 1.93. The molecule has 0 radical (unpaired) electrons. The molecule has 0 bridgehead atoms. The van der Waals surface area contributed by atoms with Gasteiger partial charge in [0.1, 0.15) is 0 Å². The van der Waals surface area contributed by atoms with Crippen molar-refractivity contribution in [2.45, 2.75) is 124 Å². The van der Waals surface area contributed by atoms with Gasteiger partial charge in [-0.2, -0.15) is 0 Å². The van der Waals surface area contributed by atoms with E-state index in [0.29, 0.717) is 13.2 Å². The molecule has 0 spiro atoms. The molecule has 4 nitrogen and oxygen atoms in total. The zero-order valence-electron chi connectivity index (χ0n) is 22.1. The van der Waals surface area contributed by atoms with E-state index in [9.17, 15) is 9.59 Å². The van der Waals surface area contributed by atoms with E-state index < -0.39 is 0 Å². The standard InChI is InChI=1S/C17H30O2.C12H22O2/c1-3-4-5-6-7-8-9-10-11-12-13-14-15-16-19-17(2)18;1-3-4-5-6-7-8-9-10-11-14-12(2)13/h7-8,10-11H,3-6,9,12-16H2,1-2H3;4-5H,3,6-11H2,1-2H3/b8-7-,11-10-;5-4-. The molecule has 0 N–H and O–H groups in total. The Balaban J connectivity index is 0. The summed E-state index contributed by atoms with van der Waals surface area (Å²) in [7, 11) is 0. The molecule has 0 amide bonds. The third-order valence-corrected chi connectivity index (χ3v) is 4.87. The van der Waals surface area contributed by atoms with Crippen LogP contribution in [0.5, 0.6) is 0 Å². The molecule has 4 heteroatoms. The van der Waals surface area contributed by atoms with Gasteiger partial charge in [0, 0.05) is 13.8 Å². The Morgan fingerprint density at radius 1 is 0.545 bits per heavy atom. The molecule has 0 aliphatic rings. The zero-order valence-corrected chi connectivity index (χ0v) is 22.1. The molecule has 0 heterocycles. The van der Waals surface area contributed by atoms with Crippen molar-refractivity contribution < 1.29 is 19.1 Å². The van der Waals surface area contributed by atoms with Crippen molar-refractivity contribution in [2.24, 2.45) is 0 Å². The number of esters is 2. The Hall–Kier alpha value is -1.84. The summed E-state index contributed by atoms with van der Waals surface area (Å²) in [4.78, 5) is 20.9. The first-order valence-electron chi connectivity index (χ1n) is 13.3. The lowest BCUT2D eigenvalue weighted by Crippen LogP contribution is -1.99. The van der Waals surface area contributed by atoms with E-state index in [1.54, 1.807) is 0 Å². The van der Waals surface area contributed by atoms with Gasteiger partial charge in [0.05, 0.1) is 13.2 Å². The van der Waals surface area contributed by atoms with Crippen LogP contribution in [0.15, 0.2) is 36.5 Å². The van der Waals surface area contributed by atoms with Crippen LogP contribution in [-0.4, -0.2) is 25.2 Å². The first-order valence-corrected chi connectivity index (χ1v) is 13.3. The van der Waals surface area contributed by atoms with E-state index >= 15 is 0 Å². The Morgan fingerprint density at radius 2 is 0.970 bits per heavy atom. The lowest BCUT2D eigenvalue weighted by molar-refractivity contribution is -0.142. The Labute approximate surface area is 204 Å². The van der Waals surface area contributed by atoms with Crippen molar-refractivity contribution in [3.63, 3.8) is 0 Å². The third-order valence-electron chi connectivity index (χ3n) is 4.87. The molecule has 0 unspecified atom stereocenters. The van der Waals surface area contributed by atoms with Gasteiger partial charge in [-0.05, 0) is 70.6 Å². The lowest BCUT2D eigenvalue weighted by atomic mass is 10.1. The molecule has 0 aliphatic carbocycles. The first-order chi connectivity index (χ1) is 16.0. The van der Waals surface area contributed by atoms with Crippen LogP contribution in [0.25, 0.3) is 0 Å². The monoisotopic (exact) mass is 464 g/mol. The van der Waals surface area contributed by atoms with Gasteiger partial charge in [-0.1, -0.05) is 76.0 Å². The number of carbonyl (C=O) groups is 2. The fourth-order valence-corrected chi connectivity index (χ4v) is 2.99. The summed E-state index contributed by atoms with van der Waals surface area (Å²) in [5, 5.41) is 0. The summed E-state index contributed by atoms with van der Waals surface area (Å²) < 4.78 is 9.71. The summed E-state index contributed by atoms with van der Waals surface area (Å²) in [5.41, 5.74) is 0. The zero-order chi connectivity index (χ0) is 24.8. The van der Waals surface area contributed by atoms with Gasteiger partial charge in [-0.25, -0.2) is 0 Å². The van der Waals surface area contributed by atoms with E-state index in [-0.39, 0.29) is 11.9 Å². The van der Waals surface area contributed by atoms with Gasteiger partial charge in [0.2, 0.25) is 0 Å². The lowest BCUT2D eigenvalue weighted by Gasteiger charge is -2.00. The highest BCUT2D eigenvalue weighted by molar-refractivity contribution is 5.66. The number of unbranched alkanes of at least 4 members (excludes halogenated alkanes) is 10. The van der Waals surface area contributed by atoms with Crippen molar-refractivity contribution in [1.82, 2.24) is 0 Å². The van der Waals surface area contributed by atoms with Gasteiger partial charge in [0.25, 0.3) is 0 Å². The van der Waals surface area contributed by atoms with Crippen molar-refractivity contribution in [3.05, 3.63) is 36.5 Å². The minimum absolute atomic E-state index is 0.170. The average Bonchev–Trinajstić information content (AvgIpc) is 2.78. The number of hydrogen-bond donors (Lipinski definition) is 0. The maximum atomic E-state index is 10.5. The normalized spacial score (nSPS) is 11.2. The van der Waals surface area contributed by atoms with Gasteiger partial charge in [0.15, 0.2) is 0 Å². The van der Waals surface area contributed by atoms with Crippen molar-refractivity contribution in [1.29, 1.82) is 0 Å². The van der Waals surface area contributed by atoms with Gasteiger partial charge in [-0.3, -0.25) is 9.59 Å². The Morgan fingerprint density at radius 3 is 1.42 bits per heavy atom. The highest BCUT2D eigenvalue weighted by Crippen LogP contribution is 2.05. The van der Waals surface area contributed by atoms with E-state index in [2.05, 4.69) is 50.3 Å². The Kier molecular flexibility index (Phi) is 30.5. The topological polar surface area (TPSA) is 52.6 Å². The van der Waals surface area contributed by atoms with E-state index in [1.165, 1.54) is 65.2 Å².